The second-order valence-corrected chi connectivity index (χ2v) is 9.47. The Labute approximate surface area is 188 Å². The Balaban J connectivity index is 1.18. The van der Waals surface area contributed by atoms with Gasteiger partial charge in [0.25, 0.3) is 11.5 Å². The van der Waals surface area contributed by atoms with Crippen molar-refractivity contribution in [1.82, 2.24) is 24.2 Å². The second-order valence-electron chi connectivity index (χ2n) is 8.60. The smallest absolute Gasteiger partial charge is 0.258 e. The number of fused-ring (bicyclic) bond motifs is 2. The first-order valence-corrected chi connectivity index (χ1v) is 11.9. The molecule has 7 nitrogen and oxygen atoms in total. The largest absolute Gasteiger partial charge is 0.336 e. The van der Waals surface area contributed by atoms with Gasteiger partial charge in [-0.2, -0.15) is 0 Å². The number of rotatable bonds is 4. The number of amides is 1. The molecule has 6 rings (SSSR count). The van der Waals surface area contributed by atoms with Crippen molar-refractivity contribution in [2.75, 3.05) is 26.2 Å². The Hall–Kier alpha value is -3.10. The minimum atomic E-state index is -0.0453. The predicted octanol–water partition coefficient (Wildman–Crippen LogP) is 3.14. The van der Waals surface area contributed by atoms with E-state index in [9.17, 15) is 9.59 Å². The molecule has 8 heteroatoms. The Morgan fingerprint density at radius 1 is 1.06 bits per heavy atom. The number of pyridine rings is 1. The van der Waals surface area contributed by atoms with E-state index in [1.807, 2.05) is 40.6 Å². The molecule has 162 valence electrons. The average molecular weight is 446 g/mol. The van der Waals surface area contributed by atoms with Crippen LogP contribution in [0.15, 0.2) is 52.8 Å². The van der Waals surface area contributed by atoms with E-state index in [-0.39, 0.29) is 11.5 Å². The van der Waals surface area contributed by atoms with E-state index in [4.69, 9.17) is 4.98 Å². The molecule has 0 bridgehead atoms. The van der Waals surface area contributed by atoms with Gasteiger partial charge in [-0.1, -0.05) is 18.2 Å². The zero-order chi connectivity index (χ0) is 21.7. The summed E-state index contributed by atoms with van der Waals surface area (Å²) in [5.74, 6) is 0.585. The molecule has 4 aromatic rings. The monoisotopic (exact) mass is 445 g/mol. The highest BCUT2D eigenvalue weighted by Gasteiger charge is 2.29. The van der Waals surface area contributed by atoms with E-state index in [0.29, 0.717) is 25.6 Å². The average Bonchev–Trinajstić information content (AvgIpc) is 3.56. The van der Waals surface area contributed by atoms with Gasteiger partial charge >= 0.3 is 0 Å². The van der Waals surface area contributed by atoms with Gasteiger partial charge in [0.1, 0.15) is 0 Å². The second kappa shape index (κ2) is 7.79. The summed E-state index contributed by atoms with van der Waals surface area (Å²) >= 11 is 1.46. The molecule has 1 saturated carbocycles. The first kappa shape index (κ1) is 19.6. The number of carbonyl (C=O) groups excluding carboxylic acids is 1. The summed E-state index contributed by atoms with van der Waals surface area (Å²) < 4.78 is 1.57. The lowest BCUT2D eigenvalue weighted by Crippen LogP contribution is -2.48. The fourth-order valence-corrected chi connectivity index (χ4v) is 5.18. The van der Waals surface area contributed by atoms with Gasteiger partial charge in [-0.3, -0.25) is 23.9 Å². The summed E-state index contributed by atoms with van der Waals surface area (Å²) in [7, 11) is 0. The van der Waals surface area contributed by atoms with Crippen molar-refractivity contribution in [3.63, 3.8) is 0 Å². The van der Waals surface area contributed by atoms with Crippen LogP contribution in [0.25, 0.3) is 15.9 Å². The highest BCUT2D eigenvalue weighted by molar-refractivity contribution is 7.15. The van der Waals surface area contributed by atoms with E-state index in [2.05, 4.69) is 9.88 Å². The van der Waals surface area contributed by atoms with Crippen LogP contribution in [-0.2, 0) is 6.54 Å². The maximum Gasteiger partial charge on any atom is 0.258 e. The Kier molecular flexibility index (Phi) is 4.77. The third kappa shape index (κ3) is 3.59. The van der Waals surface area contributed by atoms with E-state index < -0.39 is 0 Å². The first-order valence-electron chi connectivity index (χ1n) is 11.0. The van der Waals surface area contributed by atoms with Gasteiger partial charge in [0.15, 0.2) is 4.96 Å². The zero-order valence-corrected chi connectivity index (χ0v) is 18.4. The van der Waals surface area contributed by atoms with Crippen molar-refractivity contribution in [1.29, 1.82) is 0 Å². The molecule has 0 spiro atoms. The van der Waals surface area contributed by atoms with Crippen LogP contribution in [0.3, 0.4) is 0 Å². The van der Waals surface area contributed by atoms with Crippen LogP contribution >= 0.6 is 11.3 Å². The van der Waals surface area contributed by atoms with E-state index in [1.54, 1.807) is 16.7 Å². The van der Waals surface area contributed by atoms with Crippen LogP contribution in [0.1, 0.15) is 40.5 Å². The number of hydrogen-bond donors (Lipinski definition) is 0. The van der Waals surface area contributed by atoms with Crippen molar-refractivity contribution in [2.24, 2.45) is 0 Å². The maximum atomic E-state index is 13.5. The fourth-order valence-electron chi connectivity index (χ4n) is 4.44. The quantitative estimate of drug-likeness (QED) is 0.483. The number of para-hydroxylation sites is 1. The van der Waals surface area contributed by atoms with Gasteiger partial charge in [0, 0.05) is 67.4 Å². The van der Waals surface area contributed by atoms with Gasteiger partial charge in [0.2, 0.25) is 0 Å². The number of aromatic nitrogens is 3. The van der Waals surface area contributed by atoms with Gasteiger partial charge in [-0.05, 0) is 25.0 Å². The lowest BCUT2D eigenvalue weighted by atomic mass is 10.0. The van der Waals surface area contributed by atoms with E-state index in [1.165, 1.54) is 11.3 Å². The summed E-state index contributed by atoms with van der Waals surface area (Å²) in [6, 6.07) is 11.6. The third-order valence-electron chi connectivity index (χ3n) is 6.36. The molecule has 0 N–H and O–H groups in total. The molecular formula is C24H23N5O2S. The lowest BCUT2D eigenvalue weighted by molar-refractivity contribution is 0.0629. The number of hydrogen-bond acceptors (Lipinski definition) is 6. The van der Waals surface area contributed by atoms with Gasteiger partial charge in [-0.15, -0.1) is 11.3 Å². The number of carbonyl (C=O) groups is 1. The molecular weight excluding hydrogens is 422 g/mol. The van der Waals surface area contributed by atoms with Crippen molar-refractivity contribution < 1.29 is 4.79 Å². The third-order valence-corrected chi connectivity index (χ3v) is 7.12. The van der Waals surface area contributed by atoms with Crippen LogP contribution in [0, 0.1) is 0 Å². The molecule has 1 saturated heterocycles. The Bertz CT molecular complexity index is 1380. The van der Waals surface area contributed by atoms with Crippen LogP contribution in [0.5, 0.6) is 0 Å². The standard InChI is InChI=1S/C24H23N5O2S/c30-22-13-17(25-24-29(22)11-12-32-24)15-27-7-9-28(10-8-27)23(31)19-14-21(16-5-6-16)26-20-4-2-1-3-18(19)20/h1-4,11-14,16H,5-10,15H2. The predicted molar refractivity (Wildman–Crippen MR) is 124 cm³/mol. The van der Waals surface area contributed by atoms with Crippen molar-refractivity contribution >= 4 is 33.1 Å². The van der Waals surface area contributed by atoms with Crippen LogP contribution in [0.4, 0.5) is 0 Å². The molecule has 0 atom stereocenters. The van der Waals surface area contributed by atoms with Crippen molar-refractivity contribution in [3.05, 3.63) is 75.3 Å². The molecule has 1 aliphatic carbocycles. The molecule has 0 radical (unpaired) electrons. The number of thiazole rings is 1. The highest BCUT2D eigenvalue weighted by atomic mass is 32.1. The Morgan fingerprint density at radius 2 is 1.88 bits per heavy atom. The van der Waals surface area contributed by atoms with Crippen LogP contribution in [-0.4, -0.2) is 56.3 Å². The zero-order valence-electron chi connectivity index (χ0n) is 17.6. The number of nitrogens with zero attached hydrogens (tertiary/aromatic N) is 5. The summed E-state index contributed by atoms with van der Waals surface area (Å²) in [5, 5.41) is 2.80. The van der Waals surface area contributed by atoms with E-state index >= 15 is 0 Å². The minimum absolute atomic E-state index is 0.0453. The van der Waals surface area contributed by atoms with Crippen molar-refractivity contribution in [2.45, 2.75) is 25.3 Å². The summed E-state index contributed by atoms with van der Waals surface area (Å²) in [5.41, 5.74) is 3.46. The summed E-state index contributed by atoms with van der Waals surface area (Å²) in [6.45, 7) is 3.46. The topological polar surface area (TPSA) is 70.8 Å². The molecule has 4 heterocycles. The molecule has 2 fully saturated rings. The van der Waals surface area contributed by atoms with Gasteiger partial charge in [0.05, 0.1) is 16.8 Å². The minimum Gasteiger partial charge on any atom is -0.336 e. The number of piperazine rings is 1. The molecule has 32 heavy (non-hydrogen) atoms. The first-order chi connectivity index (χ1) is 15.7. The fraction of sp³-hybridized carbons (Fsp3) is 0.333. The van der Waals surface area contributed by atoms with Gasteiger partial charge in [-0.25, -0.2) is 4.98 Å². The molecule has 0 unspecified atom stereocenters. The number of benzene rings is 1. The highest BCUT2D eigenvalue weighted by Crippen LogP contribution is 2.40. The maximum absolute atomic E-state index is 13.5. The van der Waals surface area contributed by atoms with Crippen LogP contribution in [0.2, 0.25) is 0 Å². The van der Waals surface area contributed by atoms with Crippen LogP contribution < -0.4 is 5.56 Å². The van der Waals surface area contributed by atoms with Crippen molar-refractivity contribution in [3.8, 4) is 0 Å². The summed E-state index contributed by atoms with van der Waals surface area (Å²) in [6.07, 6.45) is 4.07. The van der Waals surface area contributed by atoms with Gasteiger partial charge < -0.3 is 4.90 Å². The molecule has 1 amide bonds. The molecule has 1 aliphatic heterocycles. The SMILES string of the molecule is O=C(c1cc(C2CC2)nc2ccccc12)N1CCN(Cc2cc(=O)n3ccsc3n2)CC1. The van der Waals surface area contributed by atoms with E-state index in [0.717, 1.165) is 58.7 Å². The normalized spacial score (nSPS) is 17.3. The lowest BCUT2D eigenvalue weighted by Gasteiger charge is -2.34. The molecule has 3 aromatic heterocycles. The molecule has 1 aromatic carbocycles. The summed E-state index contributed by atoms with van der Waals surface area (Å²) in [4.78, 5) is 40.0. The molecule has 2 aliphatic rings. The Morgan fingerprint density at radius 3 is 2.69 bits per heavy atom.